The van der Waals surface area contributed by atoms with E-state index in [0.717, 1.165) is 19.3 Å². The van der Waals surface area contributed by atoms with E-state index < -0.39 is 0 Å². The quantitative estimate of drug-likeness (QED) is 0.546. The molecule has 2 unspecified atom stereocenters. The van der Waals surface area contributed by atoms with E-state index in [0.29, 0.717) is 11.7 Å². The number of fused-ring (bicyclic) bond motifs is 2. The Labute approximate surface area is 74.5 Å². The SMILES string of the molecule is [CH2-]CC12CCC(CC1=O)C2(C)C. The fraction of sp³-hybridized carbons (Fsp3) is 0.818. The molecule has 68 valence electrons. The normalized spacial score (nSPS) is 43.9. The Morgan fingerprint density at radius 1 is 1.58 bits per heavy atom. The van der Waals surface area contributed by atoms with Gasteiger partial charge < -0.3 is 6.92 Å². The number of rotatable bonds is 1. The molecule has 2 bridgehead atoms. The molecule has 0 aromatic heterocycles. The highest BCUT2D eigenvalue weighted by molar-refractivity contribution is 5.89. The van der Waals surface area contributed by atoms with E-state index in [-0.39, 0.29) is 10.8 Å². The van der Waals surface area contributed by atoms with Crippen LogP contribution in [0.1, 0.15) is 39.5 Å². The fourth-order valence-corrected chi connectivity index (χ4v) is 3.36. The third kappa shape index (κ3) is 0.641. The lowest BCUT2D eigenvalue weighted by Gasteiger charge is -2.38. The van der Waals surface area contributed by atoms with Gasteiger partial charge in [0.25, 0.3) is 0 Å². The summed E-state index contributed by atoms with van der Waals surface area (Å²) in [5.41, 5.74) is 0.184. The van der Waals surface area contributed by atoms with Crippen LogP contribution in [0.2, 0.25) is 0 Å². The van der Waals surface area contributed by atoms with Gasteiger partial charge in [-0.3, -0.25) is 4.79 Å². The van der Waals surface area contributed by atoms with Crippen LogP contribution in [-0.2, 0) is 4.79 Å². The molecule has 2 fully saturated rings. The molecule has 0 saturated heterocycles. The van der Waals surface area contributed by atoms with Gasteiger partial charge in [-0.1, -0.05) is 13.8 Å². The minimum Gasteiger partial charge on any atom is -0.342 e. The van der Waals surface area contributed by atoms with E-state index in [4.69, 9.17) is 0 Å². The van der Waals surface area contributed by atoms with Crippen molar-refractivity contribution in [3.05, 3.63) is 6.92 Å². The molecule has 0 radical (unpaired) electrons. The Morgan fingerprint density at radius 3 is 2.50 bits per heavy atom. The van der Waals surface area contributed by atoms with Gasteiger partial charge in [0, 0.05) is 11.8 Å². The molecule has 0 N–H and O–H groups in total. The molecule has 2 aliphatic carbocycles. The smallest absolute Gasteiger partial charge is 0.137 e. The van der Waals surface area contributed by atoms with E-state index in [9.17, 15) is 4.79 Å². The zero-order chi connectivity index (χ0) is 8.98. The van der Waals surface area contributed by atoms with Gasteiger partial charge in [0.05, 0.1) is 0 Å². The molecule has 2 saturated carbocycles. The molecule has 2 atom stereocenters. The van der Waals surface area contributed by atoms with E-state index in [1.807, 2.05) is 0 Å². The summed E-state index contributed by atoms with van der Waals surface area (Å²) in [4.78, 5) is 11.8. The van der Waals surface area contributed by atoms with E-state index in [1.165, 1.54) is 6.42 Å². The molecule has 2 rings (SSSR count). The fourth-order valence-electron chi connectivity index (χ4n) is 3.36. The Kier molecular flexibility index (Phi) is 1.47. The van der Waals surface area contributed by atoms with E-state index >= 15 is 0 Å². The first-order valence-electron chi connectivity index (χ1n) is 4.87. The molecule has 0 heterocycles. The largest absolute Gasteiger partial charge is 0.342 e. The molecule has 12 heavy (non-hydrogen) atoms. The predicted octanol–water partition coefficient (Wildman–Crippen LogP) is 2.61. The van der Waals surface area contributed by atoms with Crippen molar-refractivity contribution in [2.45, 2.75) is 39.5 Å². The molecular formula is C11H17O-. The molecule has 0 aromatic carbocycles. The van der Waals surface area contributed by atoms with Gasteiger partial charge in [0.1, 0.15) is 5.78 Å². The first kappa shape index (κ1) is 8.28. The summed E-state index contributed by atoms with van der Waals surface area (Å²) >= 11 is 0. The molecule has 1 nitrogen and oxygen atoms in total. The highest BCUT2D eigenvalue weighted by atomic mass is 16.1. The maximum Gasteiger partial charge on any atom is 0.137 e. The lowest BCUT2D eigenvalue weighted by Crippen LogP contribution is -2.35. The Morgan fingerprint density at radius 2 is 2.25 bits per heavy atom. The van der Waals surface area contributed by atoms with Gasteiger partial charge in [-0.15, -0.1) is 0 Å². The lowest BCUT2D eigenvalue weighted by atomic mass is 9.67. The van der Waals surface area contributed by atoms with Crippen LogP contribution >= 0.6 is 0 Å². The lowest BCUT2D eigenvalue weighted by molar-refractivity contribution is -0.129. The van der Waals surface area contributed by atoms with Crippen molar-refractivity contribution in [1.82, 2.24) is 0 Å². The summed E-state index contributed by atoms with van der Waals surface area (Å²) in [5.74, 6) is 1.13. The third-order valence-electron chi connectivity index (χ3n) is 4.57. The summed E-state index contributed by atoms with van der Waals surface area (Å²) in [6.07, 6.45) is 3.96. The van der Waals surface area contributed by atoms with Crippen LogP contribution in [0, 0.1) is 23.7 Å². The van der Waals surface area contributed by atoms with Gasteiger partial charge in [-0.05, 0) is 24.2 Å². The monoisotopic (exact) mass is 165 g/mol. The van der Waals surface area contributed by atoms with Crippen molar-refractivity contribution in [2.75, 3.05) is 0 Å². The van der Waals surface area contributed by atoms with Crippen LogP contribution in [0.25, 0.3) is 0 Å². The van der Waals surface area contributed by atoms with Crippen LogP contribution in [0.4, 0.5) is 0 Å². The van der Waals surface area contributed by atoms with Crippen molar-refractivity contribution >= 4 is 5.78 Å². The van der Waals surface area contributed by atoms with Crippen molar-refractivity contribution < 1.29 is 4.79 Å². The van der Waals surface area contributed by atoms with E-state index in [1.54, 1.807) is 0 Å². The average molecular weight is 165 g/mol. The number of carbonyl (C=O) groups is 1. The standard InChI is InChI=1S/C11H17O/c1-4-11-6-5-8(7-9(11)12)10(11,2)3/h8H,1,4-7H2,2-3H3/q-1. The van der Waals surface area contributed by atoms with Gasteiger partial charge in [0.15, 0.2) is 0 Å². The average Bonchev–Trinajstić information content (AvgIpc) is 2.36. The second-order valence-electron chi connectivity index (χ2n) is 4.92. The Bertz CT molecular complexity index is 229. The molecule has 0 amide bonds. The molecule has 0 aliphatic heterocycles. The van der Waals surface area contributed by atoms with Crippen LogP contribution in [0.15, 0.2) is 0 Å². The predicted molar refractivity (Wildman–Crippen MR) is 48.5 cm³/mol. The second kappa shape index (κ2) is 2.12. The number of hydrogen-bond donors (Lipinski definition) is 0. The van der Waals surface area contributed by atoms with Gasteiger partial charge in [-0.2, -0.15) is 6.42 Å². The molecular weight excluding hydrogens is 148 g/mol. The molecule has 1 heteroatoms. The number of ketones is 1. The van der Waals surface area contributed by atoms with Gasteiger partial charge >= 0.3 is 0 Å². The summed E-state index contributed by atoms with van der Waals surface area (Å²) in [5, 5.41) is 0. The van der Waals surface area contributed by atoms with Crippen LogP contribution in [0.3, 0.4) is 0 Å². The maximum absolute atomic E-state index is 11.8. The van der Waals surface area contributed by atoms with Crippen molar-refractivity contribution in [2.24, 2.45) is 16.7 Å². The zero-order valence-corrected chi connectivity index (χ0v) is 8.02. The summed E-state index contributed by atoms with van der Waals surface area (Å²) in [6.45, 7) is 8.46. The number of Topliss-reactive ketones (excluding diaryl/α,β-unsaturated/α-hetero) is 1. The highest BCUT2D eigenvalue weighted by Crippen LogP contribution is 2.65. The molecule has 0 aromatic rings. The topological polar surface area (TPSA) is 17.1 Å². The van der Waals surface area contributed by atoms with Gasteiger partial charge in [-0.25, -0.2) is 0 Å². The van der Waals surface area contributed by atoms with Crippen LogP contribution in [0.5, 0.6) is 0 Å². The first-order valence-corrected chi connectivity index (χ1v) is 4.87. The summed E-state index contributed by atoms with van der Waals surface area (Å²) in [6, 6.07) is 0. The van der Waals surface area contributed by atoms with Crippen molar-refractivity contribution in [3.8, 4) is 0 Å². The Balaban J connectivity index is 2.46. The molecule has 0 spiro atoms. The minimum atomic E-state index is -0.0440. The van der Waals surface area contributed by atoms with Crippen LogP contribution < -0.4 is 0 Å². The summed E-state index contributed by atoms with van der Waals surface area (Å²) in [7, 11) is 0. The highest BCUT2D eigenvalue weighted by Gasteiger charge is 2.61. The summed E-state index contributed by atoms with van der Waals surface area (Å²) < 4.78 is 0. The maximum atomic E-state index is 11.8. The minimum absolute atomic E-state index is 0.0440. The van der Waals surface area contributed by atoms with Gasteiger partial charge in [0.2, 0.25) is 0 Å². The van der Waals surface area contributed by atoms with E-state index in [2.05, 4.69) is 20.8 Å². The Hall–Kier alpha value is -0.330. The number of carbonyl (C=O) groups excluding carboxylic acids is 1. The molecule has 2 aliphatic rings. The number of hydrogen-bond acceptors (Lipinski definition) is 1. The van der Waals surface area contributed by atoms with Crippen molar-refractivity contribution in [3.63, 3.8) is 0 Å². The first-order chi connectivity index (χ1) is 5.54. The second-order valence-corrected chi connectivity index (χ2v) is 4.92. The van der Waals surface area contributed by atoms with Crippen molar-refractivity contribution in [1.29, 1.82) is 0 Å². The van der Waals surface area contributed by atoms with Crippen LogP contribution in [-0.4, -0.2) is 5.78 Å². The third-order valence-corrected chi connectivity index (χ3v) is 4.57. The zero-order valence-electron chi connectivity index (χ0n) is 8.02.